The molecule has 0 bridgehead atoms. The van der Waals surface area contributed by atoms with E-state index in [4.69, 9.17) is 10.00 Å². The van der Waals surface area contributed by atoms with Gasteiger partial charge < -0.3 is 4.74 Å². The number of methoxy groups -OCH3 is 1. The SMILES string of the molecule is COC(C#N)c1ccc(CC(C)C)cc1. The molecular formula is C13H17NO. The van der Waals surface area contributed by atoms with E-state index in [9.17, 15) is 0 Å². The summed E-state index contributed by atoms with van der Waals surface area (Å²) < 4.78 is 5.05. The minimum Gasteiger partial charge on any atom is -0.362 e. The van der Waals surface area contributed by atoms with Crippen LogP contribution in [0.2, 0.25) is 0 Å². The van der Waals surface area contributed by atoms with Gasteiger partial charge in [0.05, 0.1) is 6.07 Å². The normalized spacial score (nSPS) is 12.5. The topological polar surface area (TPSA) is 33.0 Å². The summed E-state index contributed by atoms with van der Waals surface area (Å²) in [4.78, 5) is 0. The predicted octanol–water partition coefficient (Wildman–Crippen LogP) is 3.10. The van der Waals surface area contributed by atoms with Crippen molar-refractivity contribution in [2.45, 2.75) is 26.4 Å². The lowest BCUT2D eigenvalue weighted by Crippen LogP contribution is -1.99. The van der Waals surface area contributed by atoms with Gasteiger partial charge in [0.2, 0.25) is 0 Å². The van der Waals surface area contributed by atoms with Crippen molar-refractivity contribution in [1.29, 1.82) is 5.26 Å². The Morgan fingerprint density at radius 2 is 1.87 bits per heavy atom. The van der Waals surface area contributed by atoms with Crippen LogP contribution in [0, 0.1) is 17.2 Å². The molecule has 0 amide bonds. The van der Waals surface area contributed by atoms with Gasteiger partial charge in [0.15, 0.2) is 6.10 Å². The van der Waals surface area contributed by atoms with E-state index in [0.29, 0.717) is 5.92 Å². The molecule has 2 nitrogen and oxygen atoms in total. The van der Waals surface area contributed by atoms with Gasteiger partial charge in [-0.05, 0) is 23.5 Å². The Bertz CT molecular complexity index is 335. The standard InChI is InChI=1S/C13H17NO/c1-10(2)8-11-4-6-12(7-5-11)13(9-14)15-3/h4-7,10,13H,8H2,1-3H3. The van der Waals surface area contributed by atoms with E-state index in [0.717, 1.165) is 12.0 Å². The largest absolute Gasteiger partial charge is 0.362 e. The second-order valence-electron chi connectivity index (χ2n) is 4.08. The zero-order valence-electron chi connectivity index (χ0n) is 9.53. The van der Waals surface area contributed by atoms with Crippen molar-refractivity contribution in [2.75, 3.05) is 7.11 Å². The average Bonchev–Trinajstić information content (AvgIpc) is 2.21. The molecule has 1 atom stereocenters. The van der Waals surface area contributed by atoms with Crippen LogP contribution in [0.3, 0.4) is 0 Å². The lowest BCUT2D eigenvalue weighted by molar-refractivity contribution is 0.148. The molecule has 2 heteroatoms. The quantitative estimate of drug-likeness (QED) is 0.753. The molecule has 0 radical (unpaired) electrons. The summed E-state index contributed by atoms with van der Waals surface area (Å²) in [6.45, 7) is 4.39. The molecule has 1 unspecified atom stereocenters. The van der Waals surface area contributed by atoms with Crippen LogP contribution in [-0.4, -0.2) is 7.11 Å². The van der Waals surface area contributed by atoms with E-state index in [1.807, 2.05) is 12.1 Å². The third-order valence-corrected chi connectivity index (χ3v) is 2.28. The summed E-state index contributed by atoms with van der Waals surface area (Å²) >= 11 is 0. The van der Waals surface area contributed by atoms with Crippen molar-refractivity contribution in [2.24, 2.45) is 5.92 Å². The number of ether oxygens (including phenoxy) is 1. The molecule has 1 rings (SSSR count). The van der Waals surface area contributed by atoms with Gasteiger partial charge in [0.1, 0.15) is 0 Å². The molecule has 0 aliphatic heterocycles. The summed E-state index contributed by atoms with van der Waals surface area (Å²) in [5, 5.41) is 8.82. The van der Waals surface area contributed by atoms with Crippen molar-refractivity contribution in [3.8, 4) is 6.07 Å². The highest BCUT2D eigenvalue weighted by molar-refractivity contribution is 5.27. The van der Waals surface area contributed by atoms with Gasteiger partial charge in [-0.25, -0.2) is 0 Å². The second kappa shape index (κ2) is 5.53. The van der Waals surface area contributed by atoms with Crippen LogP contribution in [0.4, 0.5) is 0 Å². The lowest BCUT2D eigenvalue weighted by atomic mass is 10.0. The molecule has 0 saturated carbocycles. The van der Waals surface area contributed by atoms with Crippen LogP contribution in [0.1, 0.15) is 31.1 Å². The fourth-order valence-corrected chi connectivity index (χ4v) is 1.56. The highest BCUT2D eigenvalue weighted by atomic mass is 16.5. The van der Waals surface area contributed by atoms with Crippen molar-refractivity contribution in [3.05, 3.63) is 35.4 Å². The minimum absolute atomic E-state index is 0.446. The van der Waals surface area contributed by atoms with Crippen LogP contribution >= 0.6 is 0 Å². The average molecular weight is 203 g/mol. The van der Waals surface area contributed by atoms with Crippen LogP contribution in [0.15, 0.2) is 24.3 Å². The second-order valence-corrected chi connectivity index (χ2v) is 4.08. The molecule has 0 aliphatic rings. The maximum atomic E-state index is 8.82. The minimum atomic E-state index is -0.446. The van der Waals surface area contributed by atoms with Gasteiger partial charge in [-0.2, -0.15) is 5.26 Å². The fraction of sp³-hybridized carbons (Fsp3) is 0.462. The summed E-state index contributed by atoms with van der Waals surface area (Å²) in [5.41, 5.74) is 2.23. The molecule has 15 heavy (non-hydrogen) atoms. The summed E-state index contributed by atoms with van der Waals surface area (Å²) in [6.07, 6.45) is 0.628. The molecule has 80 valence electrons. The van der Waals surface area contributed by atoms with Gasteiger partial charge in [-0.1, -0.05) is 38.1 Å². The lowest BCUT2D eigenvalue weighted by Gasteiger charge is -2.09. The smallest absolute Gasteiger partial charge is 0.168 e. The maximum Gasteiger partial charge on any atom is 0.168 e. The van der Waals surface area contributed by atoms with Crippen LogP contribution < -0.4 is 0 Å². The first-order valence-corrected chi connectivity index (χ1v) is 5.18. The summed E-state index contributed by atoms with van der Waals surface area (Å²) in [7, 11) is 1.55. The number of rotatable bonds is 4. The number of nitrogens with zero attached hydrogens (tertiary/aromatic N) is 1. The number of nitriles is 1. The molecule has 0 N–H and O–H groups in total. The Hall–Kier alpha value is -1.33. The number of hydrogen-bond donors (Lipinski definition) is 0. The fourth-order valence-electron chi connectivity index (χ4n) is 1.56. The van der Waals surface area contributed by atoms with Gasteiger partial charge in [-0.3, -0.25) is 0 Å². The molecule has 0 aliphatic carbocycles. The van der Waals surface area contributed by atoms with Crippen molar-refractivity contribution in [3.63, 3.8) is 0 Å². The Kier molecular flexibility index (Phi) is 4.33. The zero-order chi connectivity index (χ0) is 11.3. The first-order chi connectivity index (χ1) is 7.17. The van der Waals surface area contributed by atoms with Crippen LogP contribution in [0.25, 0.3) is 0 Å². The highest BCUT2D eigenvalue weighted by Gasteiger charge is 2.08. The number of benzene rings is 1. The maximum absolute atomic E-state index is 8.82. The molecular weight excluding hydrogens is 186 g/mol. The van der Waals surface area contributed by atoms with Gasteiger partial charge in [0, 0.05) is 7.11 Å². The Balaban J connectivity index is 2.76. The van der Waals surface area contributed by atoms with Crippen molar-refractivity contribution >= 4 is 0 Å². The molecule has 0 fully saturated rings. The van der Waals surface area contributed by atoms with E-state index in [2.05, 4.69) is 32.0 Å². The zero-order valence-corrected chi connectivity index (χ0v) is 9.53. The number of hydrogen-bond acceptors (Lipinski definition) is 2. The molecule has 0 aromatic heterocycles. The molecule has 0 saturated heterocycles. The molecule has 1 aromatic carbocycles. The van der Waals surface area contributed by atoms with E-state index >= 15 is 0 Å². The first-order valence-electron chi connectivity index (χ1n) is 5.18. The van der Waals surface area contributed by atoms with E-state index < -0.39 is 6.10 Å². The Morgan fingerprint density at radius 1 is 1.27 bits per heavy atom. The highest BCUT2D eigenvalue weighted by Crippen LogP contribution is 2.17. The van der Waals surface area contributed by atoms with Gasteiger partial charge >= 0.3 is 0 Å². The third kappa shape index (κ3) is 3.38. The van der Waals surface area contributed by atoms with E-state index in [1.54, 1.807) is 7.11 Å². The third-order valence-electron chi connectivity index (χ3n) is 2.28. The van der Waals surface area contributed by atoms with Gasteiger partial charge in [-0.15, -0.1) is 0 Å². The first kappa shape index (κ1) is 11.7. The predicted molar refractivity (Wildman–Crippen MR) is 60.3 cm³/mol. The van der Waals surface area contributed by atoms with E-state index in [-0.39, 0.29) is 0 Å². The van der Waals surface area contributed by atoms with Gasteiger partial charge in [0.25, 0.3) is 0 Å². The monoisotopic (exact) mass is 203 g/mol. The van der Waals surface area contributed by atoms with Crippen LogP contribution in [-0.2, 0) is 11.2 Å². The van der Waals surface area contributed by atoms with Crippen LogP contribution in [0.5, 0.6) is 0 Å². The summed E-state index contributed by atoms with van der Waals surface area (Å²) in [6, 6.07) is 10.2. The molecule has 0 heterocycles. The molecule has 1 aromatic rings. The van der Waals surface area contributed by atoms with Crippen molar-refractivity contribution < 1.29 is 4.74 Å². The van der Waals surface area contributed by atoms with Crippen molar-refractivity contribution in [1.82, 2.24) is 0 Å². The molecule has 0 spiro atoms. The Morgan fingerprint density at radius 3 is 2.27 bits per heavy atom. The Labute approximate surface area is 91.5 Å². The summed E-state index contributed by atoms with van der Waals surface area (Å²) in [5.74, 6) is 0.657. The van der Waals surface area contributed by atoms with E-state index in [1.165, 1.54) is 5.56 Å².